The number of carbonyl (C=O) groups excluding carboxylic acids is 1. The van der Waals surface area contributed by atoms with Crippen LogP contribution in [0.4, 0.5) is 0 Å². The van der Waals surface area contributed by atoms with Crippen molar-refractivity contribution in [3.63, 3.8) is 0 Å². The van der Waals surface area contributed by atoms with E-state index in [4.69, 9.17) is 21.1 Å². The first kappa shape index (κ1) is 17.4. The van der Waals surface area contributed by atoms with Gasteiger partial charge in [-0.1, -0.05) is 30.7 Å². The molecule has 0 saturated heterocycles. The molecule has 0 radical (unpaired) electrons. The van der Waals surface area contributed by atoms with Gasteiger partial charge in [0.15, 0.2) is 11.5 Å². The highest BCUT2D eigenvalue weighted by Gasteiger charge is 2.18. The van der Waals surface area contributed by atoms with Crippen molar-refractivity contribution in [3.8, 4) is 17.2 Å². The van der Waals surface area contributed by atoms with Gasteiger partial charge in [0.2, 0.25) is 6.79 Å². The molecule has 138 valence electrons. The van der Waals surface area contributed by atoms with Crippen molar-refractivity contribution in [1.29, 1.82) is 0 Å². The minimum atomic E-state index is -0.169. The topological polar surface area (TPSA) is 65.4 Å². The first-order valence-electron chi connectivity index (χ1n) is 8.65. The summed E-state index contributed by atoms with van der Waals surface area (Å²) in [5, 5.41) is 7.95. The number of rotatable bonds is 5. The average Bonchev–Trinajstić information content (AvgIpc) is 3.32. The van der Waals surface area contributed by atoms with Gasteiger partial charge in [-0.3, -0.25) is 4.79 Å². The molecule has 0 unspecified atom stereocenters. The summed E-state index contributed by atoms with van der Waals surface area (Å²) in [6.45, 7) is 2.61. The predicted octanol–water partition coefficient (Wildman–Crippen LogP) is 3.75. The van der Waals surface area contributed by atoms with Gasteiger partial charge >= 0.3 is 0 Å². The van der Waals surface area contributed by atoms with Gasteiger partial charge in [-0.25, -0.2) is 4.68 Å². The minimum absolute atomic E-state index is 0.169. The van der Waals surface area contributed by atoms with Crippen LogP contribution in [0.2, 0.25) is 5.02 Å². The molecule has 0 spiro atoms. The number of hydrogen-bond acceptors (Lipinski definition) is 4. The van der Waals surface area contributed by atoms with Crippen LogP contribution in [-0.2, 0) is 13.0 Å². The maximum Gasteiger partial charge on any atom is 0.255 e. The van der Waals surface area contributed by atoms with E-state index in [1.165, 1.54) is 0 Å². The molecule has 0 saturated carbocycles. The highest BCUT2D eigenvalue weighted by molar-refractivity contribution is 6.30. The molecule has 1 aliphatic heterocycles. The molecule has 6 nitrogen and oxygen atoms in total. The number of nitrogens with one attached hydrogen (secondary N) is 1. The van der Waals surface area contributed by atoms with E-state index in [0.717, 1.165) is 22.7 Å². The van der Waals surface area contributed by atoms with Crippen molar-refractivity contribution < 1.29 is 14.3 Å². The standard InChI is InChI=1S/C20H18ClN3O3/c1-2-17-16(11-23-24(17)15-5-3-4-14(21)9-15)20(25)22-10-13-6-7-18-19(8-13)27-12-26-18/h3-9,11H,2,10,12H2,1H3,(H,22,25). The van der Waals surface area contributed by atoms with Crippen LogP contribution in [0.1, 0.15) is 28.5 Å². The monoisotopic (exact) mass is 383 g/mol. The number of aromatic nitrogens is 2. The Balaban J connectivity index is 1.52. The van der Waals surface area contributed by atoms with Crippen LogP contribution in [0.25, 0.3) is 5.69 Å². The zero-order valence-electron chi connectivity index (χ0n) is 14.7. The quantitative estimate of drug-likeness (QED) is 0.728. The normalized spacial score (nSPS) is 12.2. The summed E-state index contributed by atoms with van der Waals surface area (Å²) in [5.41, 5.74) is 3.15. The van der Waals surface area contributed by atoms with E-state index < -0.39 is 0 Å². The smallest absolute Gasteiger partial charge is 0.255 e. The fraction of sp³-hybridized carbons (Fsp3) is 0.200. The molecule has 4 rings (SSSR count). The van der Waals surface area contributed by atoms with E-state index in [-0.39, 0.29) is 12.7 Å². The van der Waals surface area contributed by atoms with Gasteiger partial charge in [-0.05, 0) is 42.3 Å². The zero-order valence-corrected chi connectivity index (χ0v) is 15.5. The number of ether oxygens (including phenoxy) is 2. The highest BCUT2D eigenvalue weighted by atomic mass is 35.5. The van der Waals surface area contributed by atoms with Crippen molar-refractivity contribution >= 4 is 17.5 Å². The number of amides is 1. The van der Waals surface area contributed by atoms with E-state index in [9.17, 15) is 4.79 Å². The van der Waals surface area contributed by atoms with Crippen LogP contribution < -0.4 is 14.8 Å². The first-order chi connectivity index (χ1) is 13.2. The van der Waals surface area contributed by atoms with Gasteiger partial charge in [-0.2, -0.15) is 5.10 Å². The molecule has 7 heteroatoms. The number of carbonyl (C=O) groups is 1. The van der Waals surface area contributed by atoms with Crippen LogP contribution in [0.5, 0.6) is 11.5 Å². The van der Waals surface area contributed by atoms with Crippen LogP contribution in [0, 0.1) is 0 Å². The van der Waals surface area contributed by atoms with Gasteiger partial charge in [0.25, 0.3) is 5.91 Å². The lowest BCUT2D eigenvalue weighted by Crippen LogP contribution is -2.23. The van der Waals surface area contributed by atoms with E-state index in [0.29, 0.717) is 29.3 Å². The van der Waals surface area contributed by atoms with E-state index in [1.54, 1.807) is 16.9 Å². The van der Waals surface area contributed by atoms with E-state index in [1.807, 2.05) is 43.3 Å². The second kappa shape index (κ2) is 7.32. The van der Waals surface area contributed by atoms with Gasteiger partial charge in [0.1, 0.15) is 0 Å². The Kier molecular flexibility index (Phi) is 4.73. The lowest BCUT2D eigenvalue weighted by Gasteiger charge is -2.09. The van der Waals surface area contributed by atoms with E-state index >= 15 is 0 Å². The molecule has 0 fully saturated rings. The molecule has 2 heterocycles. The average molecular weight is 384 g/mol. The third-order valence-electron chi connectivity index (χ3n) is 4.39. The third kappa shape index (κ3) is 3.48. The molecule has 1 amide bonds. The first-order valence-corrected chi connectivity index (χ1v) is 9.03. The molecule has 1 aliphatic rings. The fourth-order valence-electron chi connectivity index (χ4n) is 3.06. The molecule has 3 aromatic rings. The van der Waals surface area contributed by atoms with Crippen molar-refractivity contribution in [3.05, 3.63) is 70.5 Å². The summed E-state index contributed by atoms with van der Waals surface area (Å²) in [6.07, 6.45) is 2.26. The number of benzene rings is 2. The number of nitrogens with zero attached hydrogens (tertiary/aromatic N) is 2. The van der Waals surface area contributed by atoms with Crippen LogP contribution in [-0.4, -0.2) is 22.5 Å². The van der Waals surface area contributed by atoms with Gasteiger partial charge in [0.05, 0.1) is 23.1 Å². The fourth-order valence-corrected chi connectivity index (χ4v) is 3.25. The van der Waals surface area contributed by atoms with Crippen LogP contribution in [0.15, 0.2) is 48.7 Å². The number of hydrogen-bond donors (Lipinski definition) is 1. The van der Waals surface area contributed by atoms with Gasteiger partial charge < -0.3 is 14.8 Å². The predicted molar refractivity (Wildman–Crippen MR) is 102 cm³/mol. The SMILES string of the molecule is CCc1c(C(=O)NCc2ccc3c(c2)OCO3)cnn1-c1cccc(Cl)c1. The zero-order chi connectivity index (χ0) is 18.8. The maximum atomic E-state index is 12.7. The highest BCUT2D eigenvalue weighted by Crippen LogP contribution is 2.32. The Bertz CT molecular complexity index is 1000. The lowest BCUT2D eigenvalue weighted by atomic mass is 10.1. The van der Waals surface area contributed by atoms with E-state index in [2.05, 4.69) is 10.4 Å². The minimum Gasteiger partial charge on any atom is -0.454 e. The number of halogens is 1. The number of fused-ring (bicyclic) bond motifs is 1. The Morgan fingerprint density at radius 1 is 1.22 bits per heavy atom. The van der Waals surface area contributed by atoms with Gasteiger partial charge in [-0.15, -0.1) is 0 Å². The Morgan fingerprint density at radius 3 is 2.89 bits per heavy atom. The Hall–Kier alpha value is -2.99. The van der Waals surface area contributed by atoms with Crippen molar-refractivity contribution in [2.75, 3.05) is 6.79 Å². The Labute approximate surface area is 161 Å². The third-order valence-corrected chi connectivity index (χ3v) is 4.63. The summed E-state index contributed by atoms with van der Waals surface area (Å²) in [4.78, 5) is 12.7. The Morgan fingerprint density at radius 2 is 2.07 bits per heavy atom. The second-order valence-electron chi connectivity index (χ2n) is 6.12. The van der Waals surface area contributed by atoms with Crippen molar-refractivity contribution in [1.82, 2.24) is 15.1 Å². The summed E-state index contributed by atoms with van der Waals surface area (Å²) < 4.78 is 12.4. The molecule has 0 atom stereocenters. The van der Waals surface area contributed by atoms with Crippen LogP contribution >= 0.6 is 11.6 Å². The largest absolute Gasteiger partial charge is 0.454 e. The molecule has 2 aromatic carbocycles. The second-order valence-corrected chi connectivity index (χ2v) is 6.56. The summed E-state index contributed by atoms with van der Waals surface area (Å²) in [7, 11) is 0. The van der Waals surface area contributed by atoms with Crippen LogP contribution in [0.3, 0.4) is 0 Å². The molecule has 1 aromatic heterocycles. The maximum absolute atomic E-state index is 12.7. The lowest BCUT2D eigenvalue weighted by molar-refractivity contribution is 0.0950. The molecule has 0 bridgehead atoms. The van der Waals surface area contributed by atoms with Crippen molar-refractivity contribution in [2.45, 2.75) is 19.9 Å². The molecule has 1 N–H and O–H groups in total. The van der Waals surface area contributed by atoms with Gasteiger partial charge in [0, 0.05) is 11.6 Å². The molecular formula is C20H18ClN3O3. The summed E-state index contributed by atoms with van der Waals surface area (Å²) in [5.74, 6) is 1.25. The summed E-state index contributed by atoms with van der Waals surface area (Å²) >= 11 is 6.08. The molecule has 0 aliphatic carbocycles. The summed E-state index contributed by atoms with van der Waals surface area (Å²) in [6, 6.07) is 13.0. The molecular weight excluding hydrogens is 366 g/mol. The van der Waals surface area contributed by atoms with Crippen molar-refractivity contribution in [2.24, 2.45) is 0 Å². The molecule has 27 heavy (non-hydrogen) atoms.